The Hall–Kier alpha value is -1.60. The van der Waals surface area contributed by atoms with Crippen LogP contribution in [0.4, 0.5) is 0 Å². The zero-order valence-electron chi connectivity index (χ0n) is 8.48. The molecule has 16 heavy (non-hydrogen) atoms. The molecule has 0 spiro atoms. The molecule has 2 rings (SSSR count). The van der Waals surface area contributed by atoms with Gasteiger partial charge >= 0.3 is 0 Å². The first kappa shape index (κ1) is 10.9. The van der Waals surface area contributed by atoms with Crippen LogP contribution < -0.4 is 4.74 Å². The molecule has 0 bridgehead atoms. The second kappa shape index (κ2) is 4.95. The highest BCUT2D eigenvalue weighted by atomic mass is 79.9. The molecule has 0 unspecified atom stereocenters. The summed E-state index contributed by atoms with van der Waals surface area (Å²) in [6.45, 7) is 0.493. The maximum Gasteiger partial charge on any atom is 0.148 e. The highest BCUT2D eigenvalue weighted by Crippen LogP contribution is 2.23. The van der Waals surface area contributed by atoms with Gasteiger partial charge in [0.15, 0.2) is 0 Å². The zero-order valence-corrected chi connectivity index (χ0v) is 10.1. The van der Waals surface area contributed by atoms with Gasteiger partial charge in [-0.25, -0.2) is 4.98 Å². The van der Waals surface area contributed by atoms with Crippen LogP contribution >= 0.6 is 15.9 Å². The van der Waals surface area contributed by atoms with Crippen LogP contribution in [0.2, 0.25) is 0 Å². The second-order valence-electron chi connectivity index (χ2n) is 3.13. The average molecular weight is 277 g/mol. The van der Waals surface area contributed by atoms with Crippen LogP contribution in [0.1, 0.15) is 6.42 Å². The molecule has 0 fully saturated rings. The Kier molecular flexibility index (Phi) is 3.37. The minimum Gasteiger partial charge on any atom is -0.490 e. The largest absolute Gasteiger partial charge is 0.490 e. The van der Waals surface area contributed by atoms with Crippen molar-refractivity contribution in [3.63, 3.8) is 0 Å². The summed E-state index contributed by atoms with van der Waals surface area (Å²) in [6, 6.07) is 3.69. The predicted octanol–water partition coefficient (Wildman–Crippen LogP) is 2.79. The van der Waals surface area contributed by atoms with E-state index in [1.54, 1.807) is 18.5 Å². The molecular formula is C12H9BrN2O. The van der Waals surface area contributed by atoms with Crippen LogP contribution in [0.5, 0.6) is 5.75 Å². The van der Waals surface area contributed by atoms with Gasteiger partial charge < -0.3 is 4.74 Å². The number of rotatable bonds is 3. The Morgan fingerprint density at radius 3 is 3.12 bits per heavy atom. The maximum atomic E-state index is 5.54. The molecule has 2 aromatic rings. The van der Waals surface area contributed by atoms with E-state index >= 15 is 0 Å². The summed E-state index contributed by atoms with van der Waals surface area (Å²) in [5.41, 5.74) is 1.55. The van der Waals surface area contributed by atoms with E-state index in [9.17, 15) is 0 Å². The monoisotopic (exact) mass is 276 g/mol. The van der Waals surface area contributed by atoms with Crippen LogP contribution in [-0.2, 0) is 0 Å². The van der Waals surface area contributed by atoms with Crippen molar-refractivity contribution in [2.45, 2.75) is 6.42 Å². The summed E-state index contributed by atoms with van der Waals surface area (Å²) < 4.78 is 6.44. The Morgan fingerprint density at radius 2 is 2.31 bits per heavy atom. The molecule has 0 N–H and O–H groups in total. The number of hydrogen-bond acceptors (Lipinski definition) is 3. The fourth-order valence-electron chi connectivity index (χ4n) is 1.32. The van der Waals surface area contributed by atoms with Gasteiger partial charge in [-0.1, -0.05) is 0 Å². The van der Waals surface area contributed by atoms with Gasteiger partial charge in [0.2, 0.25) is 0 Å². The molecule has 0 aliphatic carbocycles. The second-order valence-corrected chi connectivity index (χ2v) is 4.05. The molecule has 0 aliphatic heterocycles. The van der Waals surface area contributed by atoms with Crippen molar-refractivity contribution in [2.24, 2.45) is 0 Å². The van der Waals surface area contributed by atoms with Crippen molar-refractivity contribution >= 4 is 27.0 Å². The third-order valence-corrected chi connectivity index (χ3v) is 2.44. The molecule has 0 amide bonds. The van der Waals surface area contributed by atoms with Crippen molar-refractivity contribution < 1.29 is 4.74 Å². The standard InChI is InChI=1S/C12H9BrN2O/c1-2-3-6-16-11-4-5-14-10-7-9(13)8-15-12(10)11/h1,4-5,7-8H,3,6H2. The first-order valence-corrected chi connectivity index (χ1v) is 5.57. The lowest BCUT2D eigenvalue weighted by molar-refractivity contribution is 0.330. The van der Waals surface area contributed by atoms with Gasteiger partial charge in [-0.3, -0.25) is 4.98 Å². The molecule has 4 heteroatoms. The minimum absolute atomic E-state index is 0.493. The molecule has 0 aromatic carbocycles. The van der Waals surface area contributed by atoms with Gasteiger partial charge in [-0.2, -0.15) is 0 Å². The summed E-state index contributed by atoms with van der Waals surface area (Å²) in [5.74, 6) is 3.24. The molecule has 2 aromatic heterocycles. The van der Waals surface area contributed by atoms with Gasteiger partial charge in [0.25, 0.3) is 0 Å². The summed E-state index contributed by atoms with van der Waals surface area (Å²) >= 11 is 3.35. The SMILES string of the molecule is C#CCCOc1ccnc2cc(Br)cnc12. The van der Waals surface area contributed by atoms with Crippen LogP contribution in [-0.4, -0.2) is 16.6 Å². The summed E-state index contributed by atoms with van der Waals surface area (Å²) in [4.78, 5) is 8.49. The molecule has 0 radical (unpaired) electrons. The Labute approximate surface area is 102 Å². The predicted molar refractivity (Wildman–Crippen MR) is 66.2 cm³/mol. The third-order valence-electron chi connectivity index (χ3n) is 2.01. The van der Waals surface area contributed by atoms with E-state index in [4.69, 9.17) is 11.2 Å². The van der Waals surface area contributed by atoms with E-state index in [0.717, 1.165) is 15.5 Å². The van der Waals surface area contributed by atoms with Crippen LogP contribution in [0.25, 0.3) is 11.0 Å². The Morgan fingerprint density at radius 1 is 1.44 bits per heavy atom. The molecule has 0 saturated carbocycles. The van der Waals surface area contributed by atoms with Crippen molar-refractivity contribution in [1.82, 2.24) is 9.97 Å². The number of nitrogens with zero attached hydrogens (tertiary/aromatic N) is 2. The van der Waals surface area contributed by atoms with Crippen LogP contribution in [0, 0.1) is 12.3 Å². The topological polar surface area (TPSA) is 35.0 Å². The lowest BCUT2D eigenvalue weighted by atomic mass is 10.3. The smallest absolute Gasteiger partial charge is 0.148 e. The van der Waals surface area contributed by atoms with Gasteiger partial charge in [0, 0.05) is 29.4 Å². The fraction of sp³-hybridized carbons (Fsp3) is 0.167. The summed E-state index contributed by atoms with van der Waals surface area (Å²) in [7, 11) is 0. The van der Waals surface area contributed by atoms with Crippen LogP contribution in [0.3, 0.4) is 0 Å². The lowest BCUT2D eigenvalue weighted by Crippen LogP contribution is -1.97. The number of fused-ring (bicyclic) bond motifs is 1. The molecule has 2 heterocycles. The highest BCUT2D eigenvalue weighted by molar-refractivity contribution is 9.10. The molecule has 80 valence electrons. The number of hydrogen-bond donors (Lipinski definition) is 0. The molecular weight excluding hydrogens is 268 g/mol. The number of halogens is 1. The van der Waals surface area contributed by atoms with Crippen LogP contribution in [0.15, 0.2) is 29.0 Å². The molecule has 0 aliphatic rings. The minimum atomic E-state index is 0.493. The van der Waals surface area contributed by atoms with Gasteiger partial charge in [0.05, 0.1) is 12.1 Å². The van der Waals surface area contributed by atoms with E-state index in [1.807, 2.05) is 6.07 Å². The van der Waals surface area contributed by atoms with Crippen molar-refractivity contribution in [2.75, 3.05) is 6.61 Å². The third kappa shape index (κ3) is 2.31. The average Bonchev–Trinajstić information content (AvgIpc) is 2.29. The quantitative estimate of drug-likeness (QED) is 0.639. The lowest BCUT2D eigenvalue weighted by Gasteiger charge is -2.06. The van der Waals surface area contributed by atoms with Gasteiger partial charge in [-0.05, 0) is 22.0 Å². The van der Waals surface area contributed by atoms with E-state index in [1.165, 1.54) is 0 Å². The van der Waals surface area contributed by atoms with E-state index in [0.29, 0.717) is 18.8 Å². The molecule has 3 nitrogen and oxygen atoms in total. The maximum absolute atomic E-state index is 5.54. The van der Waals surface area contributed by atoms with Gasteiger partial charge in [0.1, 0.15) is 11.3 Å². The zero-order chi connectivity index (χ0) is 11.4. The Balaban J connectivity index is 2.35. The summed E-state index contributed by atoms with van der Waals surface area (Å²) in [6.07, 6.45) is 9.16. The number of aromatic nitrogens is 2. The Bertz CT molecular complexity index is 548. The number of ether oxygens (including phenoxy) is 1. The van der Waals surface area contributed by atoms with E-state index in [2.05, 4.69) is 31.8 Å². The highest BCUT2D eigenvalue weighted by Gasteiger charge is 2.04. The summed E-state index contributed by atoms with van der Waals surface area (Å²) in [5, 5.41) is 0. The molecule has 0 saturated heterocycles. The van der Waals surface area contributed by atoms with Crippen molar-refractivity contribution in [3.8, 4) is 18.1 Å². The first-order chi connectivity index (χ1) is 7.81. The van der Waals surface area contributed by atoms with E-state index in [-0.39, 0.29) is 0 Å². The van der Waals surface area contributed by atoms with Crippen molar-refractivity contribution in [1.29, 1.82) is 0 Å². The number of pyridine rings is 2. The van der Waals surface area contributed by atoms with E-state index < -0.39 is 0 Å². The number of terminal acetylenes is 1. The van der Waals surface area contributed by atoms with Gasteiger partial charge in [-0.15, -0.1) is 12.3 Å². The fourth-order valence-corrected chi connectivity index (χ4v) is 1.64. The van der Waals surface area contributed by atoms with Crippen molar-refractivity contribution in [3.05, 3.63) is 29.0 Å². The first-order valence-electron chi connectivity index (χ1n) is 4.78. The molecule has 0 atom stereocenters. The normalized spacial score (nSPS) is 10.0.